The van der Waals surface area contributed by atoms with E-state index in [0.717, 1.165) is 31.6 Å². The van der Waals surface area contributed by atoms with Gasteiger partial charge in [-0.25, -0.2) is 9.97 Å². The van der Waals surface area contributed by atoms with Crippen LogP contribution in [0.15, 0.2) is 0 Å². The number of nitrogens with two attached hydrogens (primary N) is 1. The molecule has 3 nitrogen and oxygen atoms in total. The highest BCUT2D eigenvalue weighted by Gasteiger charge is 2.13. The van der Waals surface area contributed by atoms with Crippen molar-refractivity contribution in [2.45, 2.75) is 51.9 Å². The predicted octanol–water partition coefficient (Wildman–Crippen LogP) is 1.95. The van der Waals surface area contributed by atoms with Crippen LogP contribution in [0.25, 0.3) is 0 Å². The molecule has 1 aliphatic rings. The molecule has 0 radical (unpaired) electrons. The first-order chi connectivity index (χ1) is 7.81. The Labute approximate surface area is 97.5 Å². The monoisotopic (exact) mass is 219 g/mol. The van der Waals surface area contributed by atoms with Crippen LogP contribution in [0.2, 0.25) is 0 Å². The third-order valence-corrected chi connectivity index (χ3v) is 3.29. The summed E-state index contributed by atoms with van der Waals surface area (Å²) in [7, 11) is 0. The average molecular weight is 219 g/mol. The van der Waals surface area contributed by atoms with E-state index in [1.165, 1.54) is 42.6 Å². The minimum atomic E-state index is 0.722. The van der Waals surface area contributed by atoms with Crippen molar-refractivity contribution >= 4 is 0 Å². The predicted molar refractivity (Wildman–Crippen MR) is 65.4 cm³/mol. The van der Waals surface area contributed by atoms with E-state index in [1.54, 1.807) is 0 Å². The Bertz CT molecular complexity index is 360. The van der Waals surface area contributed by atoms with Gasteiger partial charge in [-0.05, 0) is 51.1 Å². The second-order valence-corrected chi connectivity index (χ2v) is 4.60. The van der Waals surface area contributed by atoms with E-state index in [1.807, 2.05) is 0 Å². The minimum Gasteiger partial charge on any atom is -0.330 e. The van der Waals surface area contributed by atoms with Crippen LogP contribution in [-0.4, -0.2) is 16.5 Å². The van der Waals surface area contributed by atoms with Gasteiger partial charge in [0.05, 0.1) is 0 Å². The Balaban J connectivity index is 2.24. The standard InChI is InChI=1S/C13H21N3/c1-10-11-6-3-2-4-7-12(11)16-13(15-10)8-5-9-14/h2-9,14H2,1H3. The number of hydrogen-bond acceptors (Lipinski definition) is 3. The summed E-state index contributed by atoms with van der Waals surface area (Å²) in [6.07, 6.45) is 8.10. The van der Waals surface area contributed by atoms with Crippen molar-refractivity contribution in [2.24, 2.45) is 5.73 Å². The van der Waals surface area contributed by atoms with Gasteiger partial charge in [0.2, 0.25) is 0 Å². The van der Waals surface area contributed by atoms with Crippen LogP contribution in [0.3, 0.4) is 0 Å². The number of aryl methyl sites for hydroxylation is 3. The van der Waals surface area contributed by atoms with Crippen molar-refractivity contribution in [1.29, 1.82) is 0 Å². The summed E-state index contributed by atoms with van der Waals surface area (Å²) in [5, 5.41) is 0. The van der Waals surface area contributed by atoms with Gasteiger partial charge in [-0.3, -0.25) is 0 Å². The molecule has 2 rings (SSSR count). The molecule has 1 heterocycles. The zero-order valence-corrected chi connectivity index (χ0v) is 10.1. The van der Waals surface area contributed by atoms with Gasteiger partial charge in [0, 0.05) is 17.8 Å². The van der Waals surface area contributed by atoms with Crippen molar-refractivity contribution in [1.82, 2.24) is 9.97 Å². The van der Waals surface area contributed by atoms with E-state index in [-0.39, 0.29) is 0 Å². The Morgan fingerprint density at radius 2 is 1.94 bits per heavy atom. The van der Waals surface area contributed by atoms with E-state index in [0.29, 0.717) is 0 Å². The fourth-order valence-corrected chi connectivity index (χ4v) is 2.39. The molecule has 88 valence electrons. The third-order valence-electron chi connectivity index (χ3n) is 3.29. The van der Waals surface area contributed by atoms with Gasteiger partial charge < -0.3 is 5.73 Å². The smallest absolute Gasteiger partial charge is 0.128 e. The second-order valence-electron chi connectivity index (χ2n) is 4.60. The zero-order chi connectivity index (χ0) is 11.4. The first-order valence-electron chi connectivity index (χ1n) is 6.36. The highest BCUT2D eigenvalue weighted by Crippen LogP contribution is 2.21. The molecule has 16 heavy (non-hydrogen) atoms. The van der Waals surface area contributed by atoms with Crippen LogP contribution in [0.5, 0.6) is 0 Å². The molecule has 0 saturated carbocycles. The number of aromatic nitrogens is 2. The lowest BCUT2D eigenvalue weighted by atomic mass is 10.1. The highest BCUT2D eigenvalue weighted by atomic mass is 14.9. The van der Waals surface area contributed by atoms with E-state index in [9.17, 15) is 0 Å². The van der Waals surface area contributed by atoms with Crippen LogP contribution in [0.4, 0.5) is 0 Å². The lowest BCUT2D eigenvalue weighted by Gasteiger charge is -2.10. The number of fused-ring (bicyclic) bond motifs is 1. The molecule has 0 unspecified atom stereocenters. The molecule has 2 N–H and O–H groups in total. The lowest BCUT2D eigenvalue weighted by molar-refractivity contribution is 0.706. The summed E-state index contributed by atoms with van der Waals surface area (Å²) in [5.74, 6) is 0.989. The molecule has 0 amide bonds. The average Bonchev–Trinajstić information content (AvgIpc) is 2.51. The summed E-state index contributed by atoms with van der Waals surface area (Å²) in [5.41, 5.74) is 9.43. The van der Waals surface area contributed by atoms with Gasteiger partial charge in [-0.1, -0.05) is 6.42 Å². The molecule has 0 bridgehead atoms. The maximum Gasteiger partial charge on any atom is 0.128 e. The van der Waals surface area contributed by atoms with E-state index >= 15 is 0 Å². The van der Waals surface area contributed by atoms with E-state index in [4.69, 9.17) is 10.7 Å². The van der Waals surface area contributed by atoms with Gasteiger partial charge >= 0.3 is 0 Å². The SMILES string of the molecule is Cc1nc(CCCN)nc2c1CCCCC2. The normalized spacial score (nSPS) is 15.6. The van der Waals surface area contributed by atoms with Crippen molar-refractivity contribution in [2.75, 3.05) is 6.54 Å². The summed E-state index contributed by atoms with van der Waals surface area (Å²) >= 11 is 0. The van der Waals surface area contributed by atoms with Crippen LogP contribution >= 0.6 is 0 Å². The highest BCUT2D eigenvalue weighted by molar-refractivity contribution is 5.26. The van der Waals surface area contributed by atoms with Crippen molar-refractivity contribution in [3.63, 3.8) is 0 Å². The molecule has 1 aliphatic carbocycles. The van der Waals surface area contributed by atoms with Crippen LogP contribution in [0.1, 0.15) is 48.5 Å². The molecule has 0 aromatic carbocycles. The van der Waals surface area contributed by atoms with Gasteiger partial charge in [0.1, 0.15) is 5.82 Å². The van der Waals surface area contributed by atoms with E-state index < -0.39 is 0 Å². The molecule has 1 aromatic rings. The van der Waals surface area contributed by atoms with Crippen molar-refractivity contribution < 1.29 is 0 Å². The first kappa shape index (κ1) is 11.5. The zero-order valence-electron chi connectivity index (χ0n) is 10.1. The maximum atomic E-state index is 5.52. The van der Waals surface area contributed by atoms with Crippen LogP contribution in [0, 0.1) is 6.92 Å². The molecular weight excluding hydrogens is 198 g/mol. The molecule has 0 saturated heterocycles. The van der Waals surface area contributed by atoms with Gasteiger partial charge in [-0.15, -0.1) is 0 Å². The van der Waals surface area contributed by atoms with Crippen LogP contribution < -0.4 is 5.73 Å². The van der Waals surface area contributed by atoms with Crippen molar-refractivity contribution in [3.05, 3.63) is 22.8 Å². The molecular formula is C13H21N3. The van der Waals surface area contributed by atoms with Crippen molar-refractivity contribution in [3.8, 4) is 0 Å². The number of nitrogens with zero attached hydrogens (tertiary/aromatic N) is 2. The summed E-state index contributed by atoms with van der Waals surface area (Å²) in [6, 6.07) is 0. The quantitative estimate of drug-likeness (QED) is 0.790. The van der Waals surface area contributed by atoms with Gasteiger partial charge in [0.15, 0.2) is 0 Å². The molecule has 0 spiro atoms. The van der Waals surface area contributed by atoms with Crippen LogP contribution in [-0.2, 0) is 19.3 Å². The Morgan fingerprint density at radius 3 is 2.75 bits per heavy atom. The van der Waals surface area contributed by atoms with E-state index in [2.05, 4.69) is 11.9 Å². The Kier molecular flexibility index (Phi) is 3.88. The topological polar surface area (TPSA) is 51.8 Å². The molecule has 0 atom stereocenters. The largest absolute Gasteiger partial charge is 0.330 e. The first-order valence-corrected chi connectivity index (χ1v) is 6.36. The van der Waals surface area contributed by atoms with Gasteiger partial charge in [-0.2, -0.15) is 0 Å². The number of rotatable bonds is 3. The minimum absolute atomic E-state index is 0.722. The summed E-state index contributed by atoms with van der Waals surface area (Å²) < 4.78 is 0. The fraction of sp³-hybridized carbons (Fsp3) is 0.692. The third kappa shape index (κ3) is 2.59. The Morgan fingerprint density at radius 1 is 1.12 bits per heavy atom. The molecule has 0 aliphatic heterocycles. The maximum absolute atomic E-state index is 5.52. The lowest BCUT2D eigenvalue weighted by Crippen LogP contribution is -2.09. The second kappa shape index (κ2) is 5.39. The van der Waals surface area contributed by atoms with Gasteiger partial charge in [0.25, 0.3) is 0 Å². The summed E-state index contributed by atoms with van der Waals surface area (Å²) in [6.45, 7) is 2.84. The fourth-order valence-electron chi connectivity index (χ4n) is 2.39. The molecule has 3 heteroatoms. The Hall–Kier alpha value is -0.960. The molecule has 1 aromatic heterocycles. The summed E-state index contributed by atoms with van der Waals surface area (Å²) in [4.78, 5) is 9.30. The number of hydrogen-bond donors (Lipinski definition) is 1. The molecule has 0 fully saturated rings.